The molecule has 5 heteroatoms. The lowest BCUT2D eigenvalue weighted by atomic mass is 10.2. The third-order valence-corrected chi connectivity index (χ3v) is 2.29. The highest BCUT2D eigenvalue weighted by Gasteiger charge is 2.10. The molecule has 0 amide bonds. The summed E-state index contributed by atoms with van der Waals surface area (Å²) in [6.07, 6.45) is 0. The van der Waals surface area contributed by atoms with Crippen molar-refractivity contribution in [1.82, 2.24) is 0 Å². The van der Waals surface area contributed by atoms with Crippen LogP contribution in [0.15, 0.2) is 23.1 Å². The topological polar surface area (TPSA) is 54.4 Å². The molecule has 0 heterocycles. The van der Waals surface area contributed by atoms with Crippen molar-refractivity contribution in [2.75, 3.05) is 0 Å². The average Bonchev–Trinajstić information content (AvgIpc) is 1.92. The Kier molecular flexibility index (Phi) is 2.16. The summed E-state index contributed by atoms with van der Waals surface area (Å²) in [5.41, 5.74) is 0.336. The van der Waals surface area contributed by atoms with Crippen LogP contribution in [0.2, 0.25) is 0 Å². The van der Waals surface area contributed by atoms with Crippen molar-refractivity contribution < 1.29 is 17.4 Å². The Hall–Kier alpha value is -0.940. The van der Waals surface area contributed by atoms with E-state index in [0.717, 1.165) is 12.1 Å². The molecule has 0 saturated carbocycles. The largest absolute Gasteiger partial charge is 0.294 e. The minimum atomic E-state index is -4.28. The lowest BCUT2D eigenvalue weighted by Crippen LogP contribution is -1.98. The number of rotatable bonds is 1. The molecule has 1 aromatic carbocycles. The van der Waals surface area contributed by atoms with E-state index >= 15 is 0 Å². The second-order valence-corrected chi connectivity index (χ2v) is 3.81. The molecule has 0 saturated heterocycles. The molecule has 12 heavy (non-hydrogen) atoms. The van der Waals surface area contributed by atoms with Crippen LogP contribution in [0.4, 0.5) is 4.39 Å². The first-order chi connectivity index (χ1) is 5.41. The van der Waals surface area contributed by atoms with Gasteiger partial charge in [0.15, 0.2) is 0 Å². The van der Waals surface area contributed by atoms with Gasteiger partial charge >= 0.3 is 0 Å². The number of aryl methyl sites for hydroxylation is 1. The Morgan fingerprint density at radius 2 is 2.00 bits per heavy atom. The van der Waals surface area contributed by atoms with E-state index in [-0.39, 0.29) is 0 Å². The van der Waals surface area contributed by atoms with Crippen LogP contribution in [0.5, 0.6) is 0 Å². The normalized spacial score (nSPS) is 11.6. The number of halogens is 1. The van der Waals surface area contributed by atoms with Crippen molar-refractivity contribution in [3.8, 4) is 0 Å². The van der Waals surface area contributed by atoms with Gasteiger partial charge in [0.25, 0.3) is 10.1 Å². The third-order valence-electron chi connectivity index (χ3n) is 1.44. The van der Waals surface area contributed by atoms with E-state index < -0.39 is 20.8 Å². The molecular formula is C7H7FO3S. The molecule has 66 valence electrons. The molecule has 0 aliphatic carbocycles. The van der Waals surface area contributed by atoms with Crippen molar-refractivity contribution in [2.24, 2.45) is 0 Å². The lowest BCUT2D eigenvalue weighted by Gasteiger charge is -1.98. The van der Waals surface area contributed by atoms with Crippen LogP contribution in [0.3, 0.4) is 0 Å². The molecule has 0 fully saturated rings. The molecule has 1 N–H and O–H groups in total. The van der Waals surface area contributed by atoms with Gasteiger partial charge in [-0.3, -0.25) is 4.55 Å². The van der Waals surface area contributed by atoms with Gasteiger partial charge in [-0.05, 0) is 24.6 Å². The lowest BCUT2D eigenvalue weighted by molar-refractivity contribution is 0.481. The quantitative estimate of drug-likeness (QED) is 0.680. The van der Waals surface area contributed by atoms with Gasteiger partial charge in [0.2, 0.25) is 0 Å². The molecule has 0 unspecified atom stereocenters. The van der Waals surface area contributed by atoms with Crippen LogP contribution in [-0.2, 0) is 10.1 Å². The van der Waals surface area contributed by atoms with Gasteiger partial charge < -0.3 is 0 Å². The van der Waals surface area contributed by atoms with E-state index in [1.165, 1.54) is 13.0 Å². The zero-order chi connectivity index (χ0) is 9.35. The van der Waals surface area contributed by atoms with Crippen LogP contribution < -0.4 is 0 Å². The third kappa shape index (κ3) is 1.80. The van der Waals surface area contributed by atoms with Gasteiger partial charge in [-0.25, -0.2) is 4.39 Å². The zero-order valence-electron chi connectivity index (χ0n) is 6.28. The maximum atomic E-state index is 12.7. The van der Waals surface area contributed by atoms with Gasteiger partial charge in [0.05, 0.1) is 4.90 Å². The highest BCUT2D eigenvalue weighted by Crippen LogP contribution is 2.13. The molecule has 0 radical (unpaired) electrons. The van der Waals surface area contributed by atoms with Crippen LogP contribution in [0.25, 0.3) is 0 Å². The molecule has 0 aromatic heterocycles. The van der Waals surface area contributed by atoms with E-state index in [1.807, 2.05) is 0 Å². The summed E-state index contributed by atoms with van der Waals surface area (Å²) in [6.45, 7) is 1.50. The SMILES string of the molecule is Cc1ccc(S(=O)(=O)O)cc1F. The predicted octanol–water partition coefficient (Wildman–Crippen LogP) is 1.38. The number of hydrogen-bond acceptors (Lipinski definition) is 2. The van der Waals surface area contributed by atoms with Gasteiger partial charge in [0.1, 0.15) is 5.82 Å². The summed E-state index contributed by atoms with van der Waals surface area (Å²) in [4.78, 5) is -0.425. The van der Waals surface area contributed by atoms with Crippen molar-refractivity contribution in [1.29, 1.82) is 0 Å². The Morgan fingerprint density at radius 3 is 2.42 bits per heavy atom. The Morgan fingerprint density at radius 1 is 1.42 bits per heavy atom. The Bertz CT molecular complexity index is 397. The highest BCUT2D eigenvalue weighted by molar-refractivity contribution is 7.85. The second-order valence-electron chi connectivity index (χ2n) is 2.39. The monoisotopic (exact) mass is 190 g/mol. The molecular weight excluding hydrogens is 183 g/mol. The van der Waals surface area contributed by atoms with Crippen molar-refractivity contribution in [3.05, 3.63) is 29.6 Å². The average molecular weight is 190 g/mol. The van der Waals surface area contributed by atoms with Crippen molar-refractivity contribution in [2.45, 2.75) is 11.8 Å². The van der Waals surface area contributed by atoms with Crippen molar-refractivity contribution in [3.63, 3.8) is 0 Å². The fourth-order valence-electron chi connectivity index (χ4n) is 0.734. The summed E-state index contributed by atoms with van der Waals surface area (Å²) in [7, 11) is -4.28. The Balaban J connectivity index is 3.33. The molecule has 3 nitrogen and oxygen atoms in total. The van der Waals surface area contributed by atoms with E-state index in [9.17, 15) is 12.8 Å². The summed E-state index contributed by atoms with van der Waals surface area (Å²) in [5.74, 6) is -0.648. The van der Waals surface area contributed by atoms with Crippen LogP contribution in [0.1, 0.15) is 5.56 Å². The van der Waals surface area contributed by atoms with E-state index in [0.29, 0.717) is 5.56 Å². The minimum absolute atomic E-state index is 0.336. The number of benzene rings is 1. The van der Waals surface area contributed by atoms with Gasteiger partial charge in [0, 0.05) is 0 Å². The van der Waals surface area contributed by atoms with E-state index in [2.05, 4.69) is 0 Å². The first kappa shape index (κ1) is 9.15. The molecule has 0 bridgehead atoms. The summed E-state index contributed by atoms with van der Waals surface area (Å²) in [6, 6.07) is 3.22. The first-order valence-electron chi connectivity index (χ1n) is 3.15. The molecule has 1 rings (SSSR count). The first-order valence-corrected chi connectivity index (χ1v) is 4.59. The highest BCUT2D eigenvalue weighted by atomic mass is 32.2. The van der Waals surface area contributed by atoms with Crippen molar-refractivity contribution >= 4 is 10.1 Å². The fourth-order valence-corrected chi connectivity index (χ4v) is 1.23. The standard InChI is InChI=1S/C7H7FO3S/c1-5-2-3-6(4-7(5)8)12(9,10)11/h2-4H,1H3,(H,9,10,11). The van der Waals surface area contributed by atoms with Gasteiger partial charge in [-0.1, -0.05) is 6.07 Å². The summed E-state index contributed by atoms with van der Waals surface area (Å²) < 4.78 is 42.2. The van der Waals surface area contributed by atoms with Gasteiger partial charge in [-0.15, -0.1) is 0 Å². The predicted molar refractivity (Wildman–Crippen MR) is 41.0 cm³/mol. The minimum Gasteiger partial charge on any atom is -0.282 e. The maximum Gasteiger partial charge on any atom is 0.294 e. The zero-order valence-corrected chi connectivity index (χ0v) is 7.10. The Labute approximate surface area is 69.6 Å². The van der Waals surface area contributed by atoms with Crippen LogP contribution >= 0.6 is 0 Å². The fraction of sp³-hybridized carbons (Fsp3) is 0.143. The van der Waals surface area contributed by atoms with E-state index in [4.69, 9.17) is 4.55 Å². The smallest absolute Gasteiger partial charge is 0.282 e. The second kappa shape index (κ2) is 2.84. The van der Waals surface area contributed by atoms with Crippen LogP contribution in [-0.4, -0.2) is 13.0 Å². The number of hydrogen-bond donors (Lipinski definition) is 1. The summed E-state index contributed by atoms with van der Waals surface area (Å²) >= 11 is 0. The molecule has 1 aromatic rings. The molecule has 0 aliphatic heterocycles. The van der Waals surface area contributed by atoms with Crippen LogP contribution in [0, 0.1) is 12.7 Å². The molecule has 0 atom stereocenters. The van der Waals surface area contributed by atoms with E-state index in [1.54, 1.807) is 0 Å². The van der Waals surface area contributed by atoms with Gasteiger partial charge in [-0.2, -0.15) is 8.42 Å². The molecule has 0 spiro atoms. The molecule has 0 aliphatic rings. The summed E-state index contributed by atoms with van der Waals surface area (Å²) in [5, 5.41) is 0. The maximum absolute atomic E-state index is 12.7.